The molecule has 0 amide bonds. The van der Waals surface area contributed by atoms with Crippen molar-refractivity contribution in [2.24, 2.45) is 0 Å². The molecule has 0 spiro atoms. The van der Waals surface area contributed by atoms with Crippen molar-refractivity contribution in [2.75, 3.05) is 0 Å². The third kappa shape index (κ3) is 1.78. The van der Waals surface area contributed by atoms with Crippen molar-refractivity contribution < 1.29 is 9.85 Å². The number of halogens is 1. The minimum absolute atomic E-state index is 0.0463. The van der Waals surface area contributed by atoms with E-state index in [1.54, 1.807) is 0 Å². The highest BCUT2D eigenvalue weighted by Crippen LogP contribution is 2.37. The largest absolute Gasteiger partial charge is 0.284 e. The molecule has 86 valence electrons. The summed E-state index contributed by atoms with van der Waals surface area (Å²) in [5.74, 6) is 0. The van der Waals surface area contributed by atoms with Gasteiger partial charge in [-0.25, -0.2) is 0 Å². The molecular weight excluding hydrogens is 248 g/mol. The smallest absolute Gasteiger partial charge is 0.258 e. The van der Waals surface area contributed by atoms with E-state index in [0.29, 0.717) is 5.39 Å². The second kappa shape index (κ2) is 3.99. The molecule has 0 saturated heterocycles. The summed E-state index contributed by atoms with van der Waals surface area (Å²) in [5, 5.41) is 22.2. The number of nitro groups is 2. The lowest BCUT2D eigenvalue weighted by Crippen LogP contribution is -1.95. The number of benzene rings is 2. The molecule has 17 heavy (non-hydrogen) atoms. The van der Waals surface area contributed by atoms with E-state index in [2.05, 4.69) is 0 Å². The minimum Gasteiger partial charge on any atom is -0.258 e. The van der Waals surface area contributed by atoms with Gasteiger partial charge in [0, 0.05) is 22.5 Å². The van der Waals surface area contributed by atoms with Crippen LogP contribution in [0.15, 0.2) is 30.3 Å². The molecule has 0 radical (unpaired) electrons. The molecule has 0 N–H and O–H groups in total. The van der Waals surface area contributed by atoms with Gasteiger partial charge in [0.05, 0.1) is 9.85 Å². The van der Waals surface area contributed by atoms with E-state index in [-0.39, 0.29) is 21.8 Å². The van der Waals surface area contributed by atoms with Crippen LogP contribution < -0.4 is 0 Å². The first kappa shape index (κ1) is 11.3. The molecule has 0 bridgehead atoms. The van der Waals surface area contributed by atoms with E-state index < -0.39 is 9.85 Å². The summed E-state index contributed by atoms with van der Waals surface area (Å²) in [5.41, 5.74) is -0.645. The molecule has 0 aliphatic rings. The number of hydrogen-bond acceptors (Lipinski definition) is 4. The summed E-state index contributed by atoms with van der Waals surface area (Å²) in [6.07, 6.45) is 0. The van der Waals surface area contributed by atoms with Crippen LogP contribution in [0.2, 0.25) is 5.02 Å². The molecule has 6 nitrogen and oxygen atoms in total. The lowest BCUT2D eigenvalue weighted by molar-refractivity contribution is -0.390. The van der Waals surface area contributed by atoms with Crippen molar-refractivity contribution in [3.63, 3.8) is 0 Å². The summed E-state index contributed by atoms with van der Waals surface area (Å²) < 4.78 is 0. The second-order valence-corrected chi connectivity index (χ2v) is 3.69. The Labute approximate surface area is 99.7 Å². The van der Waals surface area contributed by atoms with Crippen LogP contribution in [0.4, 0.5) is 11.4 Å². The molecule has 0 fully saturated rings. The summed E-state index contributed by atoms with van der Waals surface area (Å²) in [4.78, 5) is 20.4. The Morgan fingerprint density at radius 2 is 1.53 bits per heavy atom. The summed E-state index contributed by atoms with van der Waals surface area (Å²) in [6, 6.07) is 6.68. The van der Waals surface area contributed by atoms with E-state index in [1.807, 2.05) is 0 Å². The van der Waals surface area contributed by atoms with Crippen LogP contribution in [0, 0.1) is 20.2 Å². The van der Waals surface area contributed by atoms with Crippen molar-refractivity contribution in [1.29, 1.82) is 0 Å². The average Bonchev–Trinajstić information content (AvgIpc) is 2.28. The number of fused-ring (bicyclic) bond motifs is 1. The molecule has 0 aromatic heterocycles. The number of rotatable bonds is 2. The van der Waals surface area contributed by atoms with Crippen LogP contribution in [0.5, 0.6) is 0 Å². The Bertz CT molecular complexity index is 621. The van der Waals surface area contributed by atoms with E-state index in [9.17, 15) is 20.2 Å². The molecule has 0 aliphatic heterocycles. The monoisotopic (exact) mass is 252 g/mol. The van der Waals surface area contributed by atoms with Crippen molar-refractivity contribution in [1.82, 2.24) is 0 Å². The van der Waals surface area contributed by atoms with Crippen LogP contribution in [0.25, 0.3) is 10.8 Å². The summed E-state index contributed by atoms with van der Waals surface area (Å²) >= 11 is 5.87. The fraction of sp³-hybridized carbons (Fsp3) is 0. The topological polar surface area (TPSA) is 86.3 Å². The highest BCUT2D eigenvalue weighted by Gasteiger charge is 2.22. The summed E-state index contributed by atoms with van der Waals surface area (Å²) in [6.45, 7) is 0. The Morgan fingerprint density at radius 1 is 0.941 bits per heavy atom. The van der Waals surface area contributed by atoms with Crippen LogP contribution >= 0.6 is 11.6 Å². The van der Waals surface area contributed by atoms with Gasteiger partial charge in [0.25, 0.3) is 11.4 Å². The normalized spacial score (nSPS) is 10.4. The first-order valence-electron chi connectivity index (χ1n) is 4.52. The zero-order valence-electron chi connectivity index (χ0n) is 8.29. The first-order chi connectivity index (χ1) is 8.02. The Morgan fingerprint density at radius 3 is 2.12 bits per heavy atom. The predicted octanol–water partition coefficient (Wildman–Crippen LogP) is 3.31. The fourth-order valence-electron chi connectivity index (χ4n) is 1.64. The number of nitrogens with zero attached hydrogens (tertiary/aromatic N) is 2. The maximum Gasteiger partial charge on any atom is 0.284 e. The molecule has 2 aromatic rings. The molecule has 0 atom stereocenters. The third-order valence-electron chi connectivity index (χ3n) is 2.34. The van der Waals surface area contributed by atoms with E-state index in [4.69, 9.17) is 11.6 Å². The third-order valence-corrected chi connectivity index (χ3v) is 2.67. The van der Waals surface area contributed by atoms with Gasteiger partial charge in [0.1, 0.15) is 5.39 Å². The molecule has 0 aliphatic carbocycles. The van der Waals surface area contributed by atoms with Gasteiger partial charge in [-0.2, -0.15) is 0 Å². The van der Waals surface area contributed by atoms with Gasteiger partial charge in [-0.05, 0) is 6.07 Å². The zero-order valence-corrected chi connectivity index (χ0v) is 9.05. The van der Waals surface area contributed by atoms with Gasteiger partial charge in [-0.1, -0.05) is 23.7 Å². The van der Waals surface area contributed by atoms with Gasteiger partial charge in [-0.3, -0.25) is 20.2 Å². The fourth-order valence-corrected chi connectivity index (χ4v) is 1.86. The highest BCUT2D eigenvalue weighted by atomic mass is 35.5. The van der Waals surface area contributed by atoms with Gasteiger partial charge in [0.2, 0.25) is 0 Å². The van der Waals surface area contributed by atoms with Crippen molar-refractivity contribution in [3.05, 3.63) is 55.6 Å². The number of nitro benzene ring substituents is 2. The van der Waals surface area contributed by atoms with Crippen LogP contribution in [-0.2, 0) is 0 Å². The molecule has 0 heterocycles. The van der Waals surface area contributed by atoms with E-state index >= 15 is 0 Å². The van der Waals surface area contributed by atoms with Crippen LogP contribution in [0.3, 0.4) is 0 Å². The van der Waals surface area contributed by atoms with Gasteiger partial charge in [-0.15, -0.1) is 0 Å². The van der Waals surface area contributed by atoms with E-state index in [1.165, 1.54) is 24.3 Å². The number of hydrogen-bond donors (Lipinski definition) is 0. The summed E-state index contributed by atoms with van der Waals surface area (Å²) in [7, 11) is 0. The zero-order chi connectivity index (χ0) is 12.6. The lowest BCUT2D eigenvalue weighted by Gasteiger charge is -2.02. The standard InChI is InChI=1S/C10H5ClN2O4/c11-7-4-5-9(13(16)17)10-6(7)2-1-3-8(10)12(14)15/h1-5H. The molecule has 0 unspecified atom stereocenters. The Balaban J connectivity index is 2.99. The molecule has 2 aromatic carbocycles. The quantitative estimate of drug-likeness (QED) is 0.606. The van der Waals surface area contributed by atoms with Gasteiger partial charge in [0.15, 0.2) is 0 Å². The minimum atomic E-state index is -0.661. The Kier molecular flexibility index (Phi) is 2.64. The molecule has 2 rings (SSSR count). The maximum atomic E-state index is 10.8. The van der Waals surface area contributed by atoms with Crippen LogP contribution in [0.1, 0.15) is 0 Å². The Hall–Kier alpha value is -2.21. The van der Waals surface area contributed by atoms with E-state index in [0.717, 1.165) is 6.07 Å². The molecule has 7 heteroatoms. The predicted molar refractivity (Wildman–Crippen MR) is 62.3 cm³/mol. The number of non-ortho nitro benzene ring substituents is 2. The average molecular weight is 253 g/mol. The maximum absolute atomic E-state index is 10.8. The van der Waals surface area contributed by atoms with Gasteiger partial charge >= 0.3 is 0 Å². The molecular formula is C10H5ClN2O4. The second-order valence-electron chi connectivity index (χ2n) is 3.28. The van der Waals surface area contributed by atoms with Crippen molar-refractivity contribution in [3.8, 4) is 0 Å². The van der Waals surface area contributed by atoms with Crippen LogP contribution in [-0.4, -0.2) is 9.85 Å². The SMILES string of the molecule is O=[N+]([O-])c1cccc2c(Cl)ccc([N+](=O)[O-])c12. The van der Waals surface area contributed by atoms with Crippen molar-refractivity contribution in [2.45, 2.75) is 0 Å². The molecule has 0 saturated carbocycles. The lowest BCUT2D eigenvalue weighted by atomic mass is 10.1. The van der Waals surface area contributed by atoms with Gasteiger partial charge < -0.3 is 0 Å². The van der Waals surface area contributed by atoms with Crippen molar-refractivity contribution >= 4 is 33.7 Å². The highest BCUT2D eigenvalue weighted by molar-refractivity contribution is 6.36. The first-order valence-corrected chi connectivity index (χ1v) is 4.90.